The predicted molar refractivity (Wildman–Crippen MR) is 129 cm³/mol. The standard InChI is InChI=1S/C26H28N6/c1-27-26(29-19-25-31-30-20-32(25)23-15-9-4-10-16-23)28-18-17-24(21-11-5-2-6-12-21)22-13-7-3-8-14-22/h2-16,20,24H,17-19H2,1H3,(H2,27,28,29). The van der Waals surface area contributed by atoms with Crippen molar-refractivity contribution in [2.24, 2.45) is 4.99 Å². The Morgan fingerprint density at radius 3 is 2.03 bits per heavy atom. The van der Waals surface area contributed by atoms with Crippen LogP contribution < -0.4 is 10.6 Å². The van der Waals surface area contributed by atoms with E-state index in [2.05, 4.69) is 86.5 Å². The Labute approximate surface area is 189 Å². The van der Waals surface area contributed by atoms with Crippen LogP contribution in [0.1, 0.15) is 29.3 Å². The summed E-state index contributed by atoms with van der Waals surface area (Å²) in [6.45, 7) is 1.31. The molecular formula is C26H28N6. The second-order valence-electron chi connectivity index (χ2n) is 7.47. The molecule has 4 aromatic rings. The van der Waals surface area contributed by atoms with E-state index < -0.39 is 0 Å². The molecule has 1 aromatic heterocycles. The van der Waals surface area contributed by atoms with Crippen molar-refractivity contribution in [2.45, 2.75) is 18.9 Å². The monoisotopic (exact) mass is 424 g/mol. The Hall–Kier alpha value is -3.93. The van der Waals surface area contributed by atoms with E-state index in [4.69, 9.17) is 0 Å². The van der Waals surface area contributed by atoms with Crippen LogP contribution in [0.15, 0.2) is 102 Å². The van der Waals surface area contributed by atoms with Gasteiger partial charge in [0.25, 0.3) is 0 Å². The number of benzene rings is 3. The summed E-state index contributed by atoms with van der Waals surface area (Å²) >= 11 is 0. The number of nitrogens with one attached hydrogen (secondary N) is 2. The summed E-state index contributed by atoms with van der Waals surface area (Å²) in [5, 5.41) is 15.1. The predicted octanol–water partition coefficient (Wildman–Crippen LogP) is 4.15. The zero-order chi connectivity index (χ0) is 22.0. The summed E-state index contributed by atoms with van der Waals surface area (Å²) in [7, 11) is 1.78. The van der Waals surface area contributed by atoms with Gasteiger partial charge in [0.05, 0.1) is 6.54 Å². The zero-order valence-electron chi connectivity index (χ0n) is 18.2. The Kier molecular flexibility index (Phi) is 7.26. The average molecular weight is 425 g/mol. The van der Waals surface area contributed by atoms with Gasteiger partial charge in [0, 0.05) is 25.2 Å². The number of hydrogen-bond donors (Lipinski definition) is 2. The van der Waals surface area contributed by atoms with Crippen LogP contribution in [0.3, 0.4) is 0 Å². The van der Waals surface area contributed by atoms with Gasteiger partial charge in [-0.25, -0.2) is 0 Å². The van der Waals surface area contributed by atoms with Crippen molar-refractivity contribution in [3.63, 3.8) is 0 Å². The van der Waals surface area contributed by atoms with Crippen molar-refractivity contribution < 1.29 is 0 Å². The van der Waals surface area contributed by atoms with E-state index in [9.17, 15) is 0 Å². The van der Waals surface area contributed by atoms with Gasteiger partial charge >= 0.3 is 0 Å². The molecule has 0 bridgehead atoms. The first-order valence-electron chi connectivity index (χ1n) is 10.8. The van der Waals surface area contributed by atoms with Crippen LogP contribution in [0.4, 0.5) is 0 Å². The van der Waals surface area contributed by atoms with E-state index in [1.807, 2.05) is 34.9 Å². The number of nitrogens with zero attached hydrogens (tertiary/aromatic N) is 4. The lowest BCUT2D eigenvalue weighted by molar-refractivity contribution is 0.673. The topological polar surface area (TPSA) is 67.1 Å². The number of para-hydroxylation sites is 1. The van der Waals surface area contributed by atoms with Gasteiger partial charge in [0.1, 0.15) is 6.33 Å². The van der Waals surface area contributed by atoms with Crippen molar-refractivity contribution in [1.82, 2.24) is 25.4 Å². The minimum Gasteiger partial charge on any atom is -0.356 e. The fraction of sp³-hybridized carbons (Fsp3) is 0.192. The third-order valence-corrected chi connectivity index (χ3v) is 5.42. The summed E-state index contributed by atoms with van der Waals surface area (Å²) in [6.07, 6.45) is 2.68. The molecule has 0 spiro atoms. The minimum absolute atomic E-state index is 0.323. The van der Waals surface area contributed by atoms with E-state index in [1.165, 1.54) is 11.1 Å². The summed E-state index contributed by atoms with van der Waals surface area (Å²) < 4.78 is 1.97. The fourth-order valence-corrected chi connectivity index (χ4v) is 3.80. The maximum atomic E-state index is 4.37. The second kappa shape index (κ2) is 10.9. The molecule has 2 N–H and O–H groups in total. The molecule has 3 aromatic carbocycles. The molecule has 162 valence electrons. The molecule has 6 heteroatoms. The Balaban J connectivity index is 1.36. The fourth-order valence-electron chi connectivity index (χ4n) is 3.80. The van der Waals surface area contributed by atoms with Gasteiger partial charge in [-0.1, -0.05) is 78.9 Å². The maximum Gasteiger partial charge on any atom is 0.191 e. The minimum atomic E-state index is 0.323. The first-order chi connectivity index (χ1) is 15.8. The Morgan fingerprint density at radius 1 is 0.844 bits per heavy atom. The molecule has 0 fully saturated rings. The molecule has 0 saturated heterocycles. The van der Waals surface area contributed by atoms with Crippen molar-refractivity contribution in [2.75, 3.05) is 13.6 Å². The largest absolute Gasteiger partial charge is 0.356 e. The number of aromatic nitrogens is 3. The molecule has 6 nitrogen and oxygen atoms in total. The number of guanidine groups is 1. The lowest BCUT2D eigenvalue weighted by Gasteiger charge is -2.19. The molecule has 0 amide bonds. The van der Waals surface area contributed by atoms with Crippen molar-refractivity contribution >= 4 is 5.96 Å². The molecular weight excluding hydrogens is 396 g/mol. The molecule has 1 heterocycles. The van der Waals surface area contributed by atoms with Crippen LogP contribution in [0.5, 0.6) is 0 Å². The van der Waals surface area contributed by atoms with Crippen LogP contribution >= 0.6 is 0 Å². The van der Waals surface area contributed by atoms with Crippen LogP contribution in [0.2, 0.25) is 0 Å². The average Bonchev–Trinajstić information content (AvgIpc) is 3.34. The van der Waals surface area contributed by atoms with Crippen LogP contribution in [0.25, 0.3) is 5.69 Å². The second-order valence-corrected chi connectivity index (χ2v) is 7.47. The molecule has 0 unspecified atom stereocenters. The molecule has 0 atom stereocenters. The molecule has 0 aliphatic rings. The third-order valence-electron chi connectivity index (χ3n) is 5.42. The molecule has 32 heavy (non-hydrogen) atoms. The third kappa shape index (κ3) is 5.40. The number of hydrogen-bond acceptors (Lipinski definition) is 3. The molecule has 0 saturated carbocycles. The lowest BCUT2D eigenvalue weighted by Crippen LogP contribution is -2.38. The highest BCUT2D eigenvalue weighted by atomic mass is 15.3. The summed E-state index contributed by atoms with van der Waals surface area (Å²) in [4.78, 5) is 4.37. The smallest absolute Gasteiger partial charge is 0.191 e. The number of aliphatic imine (C=N–C) groups is 1. The Morgan fingerprint density at radius 2 is 1.44 bits per heavy atom. The normalized spacial score (nSPS) is 11.5. The highest BCUT2D eigenvalue weighted by Gasteiger charge is 2.14. The van der Waals surface area contributed by atoms with Gasteiger partial charge < -0.3 is 10.6 Å². The lowest BCUT2D eigenvalue weighted by atomic mass is 9.88. The van der Waals surface area contributed by atoms with Crippen LogP contribution in [-0.4, -0.2) is 34.3 Å². The first kappa shape index (κ1) is 21.3. The van der Waals surface area contributed by atoms with Gasteiger partial charge in [-0.3, -0.25) is 9.56 Å². The van der Waals surface area contributed by atoms with E-state index in [0.717, 1.165) is 30.4 Å². The van der Waals surface area contributed by atoms with E-state index in [-0.39, 0.29) is 0 Å². The Bertz CT molecular complexity index is 1070. The van der Waals surface area contributed by atoms with Gasteiger partial charge in [0.2, 0.25) is 0 Å². The van der Waals surface area contributed by atoms with Crippen LogP contribution in [0, 0.1) is 0 Å². The highest BCUT2D eigenvalue weighted by Crippen LogP contribution is 2.27. The molecule has 0 aliphatic heterocycles. The molecule has 4 rings (SSSR count). The first-order valence-corrected chi connectivity index (χ1v) is 10.8. The van der Waals surface area contributed by atoms with Crippen molar-refractivity contribution in [3.05, 3.63) is 114 Å². The van der Waals surface area contributed by atoms with Gasteiger partial charge in [-0.2, -0.15) is 0 Å². The van der Waals surface area contributed by atoms with Gasteiger partial charge in [0.15, 0.2) is 11.8 Å². The maximum absolute atomic E-state index is 4.37. The highest BCUT2D eigenvalue weighted by molar-refractivity contribution is 5.79. The van der Waals surface area contributed by atoms with E-state index in [0.29, 0.717) is 12.5 Å². The van der Waals surface area contributed by atoms with Crippen LogP contribution in [-0.2, 0) is 6.54 Å². The summed E-state index contributed by atoms with van der Waals surface area (Å²) in [5.74, 6) is 1.89. The van der Waals surface area contributed by atoms with Gasteiger partial charge in [-0.15, -0.1) is 10.2 Å². The van der Waals surface area contributed by atoms with Crippen molar-refractivity contribution in [3.8, 4) is 5.69 Å². The number of rotatable bonds is 8. The quantitative estimate of drug-likeness (QED) is 0.329. The molecule has 0 radical (unpaired) electrons. The summed E-state index contributed by atoms with van der Waals surface area (Å²) in [6, 6.07) is 31.4. The van der Waals surface area contributed by atoms with E-state index >= 15 is 0 Å². The summed E-state index contributed by atoms with van der Waals surface area (Å²) in [5.41, 5.74) is 3.67. The van der Waals surface area contributed by atoms with Crippen molar-refractivity contribution in [1.29, 1.82) is 0 Å². The zero-order valence-corrected chi connectivity index (χ0v) is 18.2. The SMILES string of the molecule is CN=C(NCCC(c1ccccc1)c1ccccc1)NCc1nncn1-c1ccccc1. The van der Waals surface area contributed by atoms with Gasteiger partial charge in [-0.05, 0) is 29.7 Å². The molecule has 0 aliphatic carbocycles. The van der Waals surface area contributed by atoms with E-state index in [1.54, 1.807) is 13.4 Å².